The van der Waals surface area contributed by atoms with Gasteiger partial charge < -0.3 is 10.3 Å². The number of aryl methyl sites for hydroxylation is 1. The number of nitrogens with one attached hydrogen (secondary N) is 2. The standard InChI is InChI=1S/C22H20FN5O2/c1-11-15(7-18(29)27-12(2)21-25-9-13(8-24)10-26-21)22(30)28-17-6-5-16(23)20(19(11)17)14-3-4-14/h5-6,9-10,12,14H,3-4,7H2,1-2H3,(H,27,29)(H,28,30)/t12-/m1/s1. The average Bonchev–Trinajstić information content (AvgIpc) is 3.56. The van der Waals surface area contributed by atoms with Gasteiger partial charge in [-0.15, -0.1) is 0 Å². The lowest BCUT2D eigenvalue weighted by Gasteiger charge is -2.15. The summed E-state index contributed by atoms with van der Waals surface area (Å²) in [5.74, 6) is -0.118. The Balaban J connectivity index is 1.61. The first-order chi connectivity index (χ1) is 14.4. The van der Waals surface area contributed by atoms with E-state index in [1.54, 1.807) is 19.9 Å². The first kappa shape index (κ1) is 19.7. The number of amides is 1. The van der Waals surface area contributed by atoms with Crippen LogP contribution in [-0.2, 0) is 11.2 Å². The molecule has 0 aliphatic heterocycles. The molecule has 0 unspecified atom stereocenters. The second-order valence-electron chi connectivity index (χ2n) is 7.62. The minimum atomic E-state index is -0.496. The third-order valence-electron chi connectivity index (χ3n) is 5.43. The maximum absolute atomic E-state index is 14.5. The average molecular weight is 405 g/mol. The van der Waals surface area contributed by atoms with Crippen LogP contribution in [0.3, 0.4) is 0 Å². The molecule has 3 aromatic rings. The van der Waals surface area contributed by atoms with Crippen LogP contribution >= 0.6 is 0 Å². The van der Waals surface area contributed by atoms with E-state index in [0.717, 1.165) is 12.8 Å². The molecule has 0 radical (unpaired) electrons. The number of fused-ring (bicyclic) bond motifs is 1. The highest BCUT2D eigenvalue weighted by atomic mass is 19.1. The van der Waals surface area contributed by atoms with Crippen molar-refractivity contribution in [2.24, 2.45) is 0 Å². The van der Waals surface area contributed by atoms with E-state index in [-0.39, 0.29) is 29.6 Å². The van der Waals surface area contributed by atoms with Crippen molar-refractivity contribution < 1.29 is 9.18 Å². The van der Waals surface area contributed by atoms with E-state index in [1.165, 1.54) is 18.5 Å². The third kappa shape index (κ3) is 3.66. The van der Waals surface area contributed by atoms with Crippen molar-refractivity contribution in [2.45, 2.75) is 45.1 Å². The summed E-state index contributed by atoms with van der Waals surface area (Å²) in [4.78, 5) is 36.2. The maximum Gasteiger partial charge on any atom is 0.252 e. The predicted molar refractivity (Wildman–Crippen MR) is 108 cm³/mol. The fraction of sp³-hybridized carbons (Fsp3) is 0.318. The number of hydrogen-bond donors (Lipinski definition) is 2. The van der Waals surface area contributed by atoms with Gasteiger partial charge in [-0.25, -0.2) is 14.4 Å². The van der Waals surface area contributed by atoms with E-state index >= 15 is 0 Å². The fourth-order valence-corrected chi connectivity index (χ4v) is 3.74. The van der Waals surface area contributed by atoms with E-state index in [4.69, 9.17) is 5.26 Å². The molecule has 1 amide bonds. The van der Waals surface area contributed by atoms with Crippen molar-refractivity contribution in [3.8, 4) is 6.07 Å². The highest BCUT2D eigenvalue weighted by Gasteiger charge is 2.30. The summed E-state index contributed by atoms with van der Waals surface area (Å²) in [6, 6.07) is 4.40. The Kier molecular flexibility index (Phi) is 5.04. The van der Waals surface area contributed by atoms with Gasteiger partial charge in [-0.1, -0.05) is 0 Å². The number of rotatable bonds is 5. The highest BCUT2D eigenvalue weighted by molar-refractivity contribution is 5.89. The molecule has 1 aromatic carbocycles. The highest BCUT2D eigenvalue weighted by Crippen LogP contribution is 2.45. The lowest BCUT2D eigenvalue weighted by atomic mass is 9.95. The molecule has 1 fully saturated rings. The Morgan fingerprint density at radius 1 is 1.37 bits per heavy atom. The number of carbonyl (C=O) groups is 1. The normalized spacial score (nSPS) is 14.3. The molecule has 1 saturated carbocycles. The molecule has 2 aromatic heterocycles. The first-order valence-corrected chi connectivity index (χ1v) is 9.74. The number of nitrogens with zero attached hydrogens (tertiary/aromatic N) is 3. The largest absolute Gasteiger partial charge is 0.346 e. The SMILES string of the molecule is Cc1c(CC(=O)N[C@H](C)c2ncc(C#N)cn2)c(=O)[nH]c2ccc(F)c(C3CC3)c12. The van der Waals surface area contributed by atoms with E-state index in [1.807, 2.05) is 6.07 Å². The van der Waals surface area contributed by atoms with Crippen molar-refractivity contribution in [1.82, 2.24) is 20.3 Å². The lowest BCUT2D eigenvalue weighted by Crippen LogP contribution is -2.31. The van der Waals surface area contributed by atoms with Crippen molar-refractivity contribution in [1.29, 1.82) is 5.26 Å². The van der Waals surface area contributed by atoms with E-state index in [2.05, 4.69) is 20.3 Å². The number of carbonyl (C=O) groups excluding carboxylic acids is 1. The number of pyridine rings is 1. The molecule has 1 aliphatic rings. The van der Waals surface area contributed by atoms with Crippen LogP contribution in [0.5, 0.6) is 0 Å². The van der Waals surface area contributed by atoms with Crippen LogP contribution in [0.1, 0.15) is 59.8 Å². The minimum Gasteiger partial charge on any atom is -0.346 e. The summed E-state index contributed by atoms with van der Waals surface area (Å²) >= 11 is 0. The van der Waals surface area contributed by atoms with Gasteiger partial charge in [-0.2, -0.15) is 5.26 Å². The van der Waals surface area contributed by atoms with Crippen molar-refractivity contribution in [3.05, 3.63) is 68.8 Å². The number of halogens is 1. The molecule has 0 bridgehead atoms. The van der Waals surface area contributed by atoms with Gasteiger partial charge in [-0.05, 0) is 50.3 Å². The Bertz CT molecular complexity index is 1240. The topological polar surface area (TPSA) is 112 Å². The number of benzene rings is 1. The zero-order valence-electron chi connectivity index (χ0n) is 16.6. The molecule has 152 valence electrons. The van der Waals surface area contributed by atoms with Gasteiger partial charge in [0.25, 0.3) is 5.56 Å². The number of H-pyrrole nitrogens is 1. The molecule has 0 spiro atoms. The van der Waals surface area contributed by atoms with Gasteiger partial charge in [0.15, 0.2) is 0 Å². The Hall–Kier alpha value is -3.60. The van der Waals surface area contributed by atoms with E-state index in [9.17, 15) is 14.0 Å². The van der Waals surface area contributed by atoms with Crippen LogP contribution in [-0.4, -0.2) is 20.9 Å². The molecule has 2 N–H and O–H groups in total. The third-order valence-corrected chi connectivity index (χ3v) is 5.43. The van der Waals surface area contributed by atoms with Gasteiger partial charge in [-0.3, -0.25) is 9.59 Å². The molecule has 2 heterocycles. The summed E-state index contributed by atoms with van der Waals surface area (Å²) in [6.45, 7) is 3.48. The summed E-state index contributed by atoms with van der Waals surface area (Å²) in [7, 11) is 0. The summed E-state index contributed by atoms with van der Waals surface area (Å²) in [5, 5.41) is 12.3. The summed E-state index contributed by atoms with van der Waals surface area (Å²) in [6.07, 6.45) is 4.48. The lowest BCUT2D eigenvalue weighted by molar-refractivity contribution is -0.121. The molecular formula is C22H20FN5O2. The molecular weight excluding hydrogens is 385 g/mol. The fourth-order valence-electron chi connectivity index (χ4n) is 3.74. The predicted octanol–water partition coefficient (Wildman–Crippen LogP) is 2.93. The zero-order valence-corrected chi connectivity index (χ0v) is 16.6. The Morgan fingerprint density at radius 3 is 2.70 bits per heavy atom. The molecule has 7 nitrogen and oxygen atoms in total. The molecule has 30 heavy (non-hydrogen) atoms. The molecule has 0 saturated heterocycles. The van der Waals surface area contributed by atoms with E-state index < -0.39 is 6.04 Å². The van der Waals surface area contributed by atoms with Crippen molar-refractivity contribution in [2.75, 3.05) is 0 Å². The number of hydrogen-bond acceptors (Lipinski definition) is 5. The quantitative estimate of drug-likeness (QED) is 0.678. The smallest absolute Gasteiger partial charge is 0.252 e. The van der Waals surface area contributed by atoms with Crippen molar-refractivity contribution in [3.63, 3.8) is 0 Å². The van der Waals surface area contributed by atoms with Crippen LogP contribution < -0.4 is 10.9 Å². The number of aromatic amines is 1. The maximum atomic E-state index is 14.5. The molecule has 4 rings (SSSR count). The zero-order chi connectivity index (χ0) is 21.4. The molecule has 1 aliphatic carbocycles. The summed E-state index contributed by atoms with van der Waals surface area (Å²) in [5.41, 5.74) is 2.14. The number of nitriles is 1. The second kappa shape index (κ2) is 7.67. The Morgan fingerprint density at radius 2 is 2.07 bits per heavy atom. The van der Waals surface area contributed by atoms with Crippen LogP contribution in [0.15, 0.2) is 29.3 Å². The van der Waals surface area contributed by atoms with Crippen LogP contribution in [0.4, 0.5) is 4.39 Å². The minimum absolute atomic E-state index is 0.141. The van der Waals surface area contributed by atoms with Gasteiger partial charge in [0.2, 0.25) is 5.91 Å². The van der Waals surface area contributed by atoms with Gasteiger partial charge >= 0.3 is 0 Å². The van der Waals surface area contributed by atoms with E-state index in [0.29, 0.717) is 39.0 Å². The summed E-state index contributed by atoms with van der Waals surface area (Å²) < 4.78 is 14.5. The first-order valence-electron chi connectivity index (χ1n) is 9.74. The van der Waals surface area contributed by atoms with Crippen LogP contribution in [0, 0.1) is 24.1 Å². The number of aromatic nitrogens is 3. The van der Waals surface area contributed by atoms with Crippen molar-refractivity contribution >= 4 is 16.8 Å². The molecule has 1 atom stereocenters. The van der Waals surface area contributed by atoms with Gasteiger partial charge in [0.1, 0.15) is 17.7 Å². The Labute approximate surface area is 172 Å². The molecule has 8 heteroatoms. The monoisotopic (exact) mass is 405 g/mol. The van der Waals surface area contributed by atoms with Gasteiger partial charge in [0.05, 0.1) is 18.0 Å². The van der Waals surface area contributed by atoms with Gasteiger partial charge in [0, 0.05) is 34.4 Å². The van der Waals surface area contributed by atoms with Crippen LogP contribution in [0.25, 0.3) is 10.9 Å². The van der Waals surface area contributed by atoms with Crippen LogP contribution in [0.2, 0.25) is 0 Å². The second-order valence-corrected chi connectivity index (χ2v) is 7.62.